The molecule has 1 heterocycles. The Morgan fingerprint density at radius 1 is 0.875 bits per heavy atom. The third-order valence-electron chi connectivity index (χ3n) is 0.455. The monoisotopic (exact) mass is 198 g/mol. The van der Waals surface area contributed by atoms with Gasteiger partial charge in [-0.05, 0) is 0 Å². The van der Waals surface area contributed by atoms with E-state index in [1.807, 2.05) is 12.1 Å². The molecule has 0 aliphatic rings. The van der Waals surface area contributed by atoms with Gasteiger partial charge in [0.15, 0.2) is 0 Å². The summed E-state index contributed by atoms with van der Waals surface area (Å²) in [5.41, 5.74) is 0. The maximum Gasteiger partial charge on any atom is 3.00 e. The number of hydrogen-bond acceptors (Lipinski definition) is 0. The Morgan fingerprint density at radius 2 is 1.25 bits per heavy atom. The molecule has 1 aromatic rings. The van der Waals surface area contributed by atoms with Crippen LogP contribution in [-0.4, -0.2) is 0 Å². The number of aromatic nitrogens is 1. The zero-order valence-electron chi connectivity index (χ0n) is 5.11. The van der Waals surface area contributed by atoms with Crippen molar-refractivity contribution in [2.24, 2.45) is 0 Å². The molecule has 0 atom stereocenters. The summed E-state index contributed by atoms with van der Waals surface area (Å²) < 4.78 is 0. The minimum absolute atomic E-state index is 0. The van der Waals surface area contributed by atoms with Gasteiger partial charge < -0.3 is 19.8 Å². The number of rotatable bonds is 0. The van der Waals surface area contributed by atoms with Crippen LogP contribution in [0.2, 0.25) is 0 Å². The smallest absolute Gasteiger partial charge is 0.670 e. The fraction of sp³-hybridized carbons (Fsp3) is 0. The van der Waals surface area contributed by atoms with Crippen molar-refractivity contribution in [3.05, 3.63) is 39.4 Å². The zero-order chi connectivity index (χ0) is 3.54. The van der Waals surface area contributed by atoms with Crippen molar-refractivity contribution in [1.82, 2.24) is 4.98 Å². The first-order valence-electron chi connectivity index (χ1n) is 1.52. The van der Waals surface area contributed by atoms with Crippen LogP contribution in [0.3, 0.4) is 0 Å². The maximum absolute atomic E-state index is 3.72. The van der Waals surface area contributed by atoms with E-state index in [2.05, 4.69) is 4.98 Å². The molecule has 1 rings (SSSR count). The predicted octanol–water partition coefficient (Wildman–Crippen LogP) is 1.54. The van der Waals surface area contributed by atoms with Crippen LogP contribution in [0.15, 0.2) is 24.5 Å². The third-order valence-corrected chi connectivity index (χ3v) is 0.455. The van der Waals surface area contributed by atoms with E-state index in [4.69, 9.17) is 0 Å². The molecule has 0 saturated carbocycles. The van der Waals surface area contributed by atoms with E-state index < -0.39 is 0 Å². The van der Waals surface area contributed by atoms with Crippen LogP contribution in [0.5, 0.6) is 0 Å². The largest absolute Gasteiger partial charge is 3.00 e. The molecule has 0 aliphatic heterocycles. The Morgan fingerprint density at radius 3 is 1.38 bits per heavy atom. The van der Waals surface area contributed by atoms with E-state index in [-0.39, 0.29) is 34.3 Å². The van der Waals surface area contributed by atoms with Crippen LogP contribution in [0.4, 0.5) is 0 Å². The van der Waals surface area contributed by atoms with E-state index in [1.165, 1.54) is 0 Å². The Bertz CT molecular complexity index is 65.0. The Balaban J connectivity index is -0.0000000833. The molecule has 0 bridgehead atoms. The predicted molar refractivity (Wildman–Crippen MR) is 32.6 cm³/mol. The molecular weight excluding hydrogens is 187 g/mol. The van der Waals surface area contributed by atoms with Gasteiger partial charge in [-0.25, -0.2) is 0 Å². The van der Waals surface area contributed by atoms with Crippen LogP contribution in [0, 0.1) is 14.9 Å². The van der Waals surface area contributed by atoms with E-state index >= 15 is 0 Å². The molecule has 47 valence electrons. The molecule has 0 N–H and O–H groups in total. The standard InChI is InChI=1S/C4H4N.2CH3.Ru/c1-2-4-5-3-1;;;/h1-4H;2*1H3;/q3*-1;+3. The average Bonchev–Trinajstić information content (AvgIpc) is 1.76. The van der Waals surface area contributed by atoms with E-state index in [9.17, 15) is 0 Å². The second-order valence-corrected chi connectivity index (χ2v) is 0.832. The van der Waals surface area contributed by atoms with Crippen LogP contribution in [0.1, 0.15) is 0 Å². The van der Waals surface area contributed by atoms with Crippen molar-refractivity contribution in [2.75, 3.05) is 0 Å². The third kappa shape index (κ3) is 5.90. The van der Waals surface area contributed by atoms with Gasteiger partial charge in [0.1, 0.15) is 0 Å². The second-order valence-electron chi connectivity index (χ2n) is 0.832. The summed E-state index contributed by atoms with van der Waals surface area (Å²) >= 11 is 0. The summed E-state index contributed by atoms with van der Waals surface area (Å²) in [6, 6.07) is 3.78. The molecule has 0 spiro atoms. The molecular formula is C6H10NRu. The fourth-order valence-electron chi connectivity index (χ4n) is 0.248. The van der Waals surface area contributed by atoms with Crippen LogP contribution in [0.25, 0.3) is 0 Å². The molecule has 1 nitrogen and oxygen atoms in total. The minimum atomic E-state index is 0. The topological polar surface area (TPSA) is 14.1 Å². The summed E-state index contributed by atoms with van der Waals surface area (Å²) in [7, 11) is 0. The van der Waals surface area contributed by atoms with Gasteiger partial charge >= 0.3 is 19.5 Å². The molecule has 8 heavy (non-hydrogen) atoms. The quantitative estimate of drug-likeness (QED) is 0.454. The fourth-order valence-corrected chi connectivity index (χ4v) is 0.248. The molecule has 1 aromatic heterocycles. The molecule has 0 aromatic carbocycles. The van der Waals surface area contributed by atoms with Crippen molar-refractivity contribution in [2.45, 2.75) is 0 Å². The Hall–Kier alpha value is -0.0966. The van der Waals surface area contributed by atoms with Crippen molar-refractivity contribution < 1.29 is 19.5 Å². The van der Waals surface area contributed by atoms with Gasteiger partial charge in [0.25, 0.3) is 0 Å². The normalized spacial score (nSPS) is 5.00. The molecule has 0 aliphatic carbocycles. The van der Waals surface area contributed by atoms with Gasteiger partial charge in [0, 0.05) is 0 Å². The first-order chi connectivity index (χ1) is 2.50. The number of nitrogens with zero attached hydrogens (tertiary/aromatic N) is 1. The minimum Gasteiger partial charge on any atom is -0.670 e. The molecule has 0 saturated heterocycles. The summed E-state index contributed by atoms with van der Waals surface area (Å²) in [6.45, 7) is 0. The summed E-state index contributed by atoms with van der Waals surface area (Å²) in [5.74, 6) is 0. The van der Waals surface area contributed by atoms with Crippen LogP contribution < -0.4 is 4.98 Å². The molecule has 0 unspecified atom stereocenters. The first-order valence-corrected chi connectivity index (χ1v) is 1.52. The van der Waals surface area contributed by atoms with E-state index in [0.29, 0.717) is 0 Å². The molecule has 0 amide bonds. The SMILES string of the molecule is [CH3-].[CH3-].[Ru+3].c1cc[n-]c1. The van der Waals surface area contributed by atoms with Crippen LogP contribution >= 0.6 is 0 Å². The van der Waals surface area contributed by atoms with Crippen molar-refractivity contribution in [3.8, 4) is 0 Å². The summed E-state index contributed by atoms with van der Waals surface area (Å²) in [4.78, 5) is 3.72. The number of hydrogen-bond donors (Lipinski definition) is 0. The molecule has 1 radical (unpaired) electrons. The van der Waals surface area contributed by atoms with Gasteiger partial charge in [-0.15, -0.1) is 0 Å². The van der Waals surface area contributed by atoms with E-state index in [0.717, 1.165) is 0 Å². The zero-order valence-corrected chi connectivity index (χ0v) is 6.85. The van der Waals surface area contributed by atoms with Gasteiger partial charge in [-0.1, -0.05) is 12.1 Å². The summed E-state index contributed by atoms with van der Waals surface area (Å²) in [5, 5.41) is 0. The van der Waals surface area contributed by atoms with Crippen molar-refractivity contribution >= 4 is 0 Å². The Labute approximate surface area is 64.3 Å². The maximum atomic E-state index is 3.72. The van der Waals surface area contributed by atoms with Crippen LogP contribution in [-0.2, 0) is 19.5 Å². The second kappa shape index (κ2) is 10.0. The van der Waals surface area contributed by atoms with Gasteiger partial charge in [-0.2, -0.15) is 12.4 Å². The van der Waals surface area contributed by atoms with E-state index in [1.54, 1.807) is 12.4 Å². The summed E-state index contributed by atoms with van der Waals surface area (Å²) in [6.07, 6.45) is 3.50. The van der Waals surface area contributed by atoms with Crippen molar-refractivity contribution in [3.63, 3.8) is 0 Å². The Kier molecular flexibility index (Phi) is 19.6. The average molecular weight is 197 g/mol. The molecule has 2 heteroatoms. The van der Waals surface area contributed by atoms with Gasteiger partial charge in [0.05, 0.1) is 0 Å². The van der Waals surface area contributed by atoms with Crippen molar-refractivity contribution in [1.29, 1.82) is 0 Å². The molecule has 0 fully saturated rings. The van der Waals surface area contributed by atoms with Gasteiger partial charge in [0.2, 0.25) is 0 Å². The van der Waals surface area contributed by atoms with Gasteiger partial charge in [-0.3, -0.25) is 0 Å². The first kappa shape index (κ1) is 15.7.